The SMILES string of the molecule is CCC(CC)(NC(=O)OCC1c2ccccc2-c2ccccc21)C(=O)NC(CC(=O)O)C1CC1. The molecule has 1 atom stereocenters. The maximum atomic E-state index is 13.2. The van der Waals surface area contributed by atoms with E-state index in [1.165, 1.54) is 0 Å². The third-order valence-electron chi connectivity index (χ3n) is 7.23. The molecule has 2 aromatic rings. The molecule has 3 N–H and O–H groups in total. The minimum Gasteiger partial charge on any atom is -0.481 e. The molecule has 0 spiro atoms. The van der Waals surface area contributed by atoms with E-state index < -0.39 is 23.6 Å². The number of alkyl carbamates (subject to hydrolysis) is 1. The van der Waals surface area contributed by atoms with E-state index in [1.54, 1.807) is 0 Å². The number of fused-ring (bicyclic) bond motifs is 3. The van der Waals surface area contributed by atoms with Crippen LogP contribution in [0.4, 0.5) is 4.79 Å². The van der Waals surface area contributed by atoms with Gasteiger partial charge in [-0.05, 0) is 53.9 Å². The van der Waals surface area contributed by atoms with Gasteiger partial charge in [0.2, 0.25) is 5.91 Å². The van der Waals surface area contributed by atoms with E-state index in [1.807, 2.05) is 38.1 Å². The van der Waals surface area contributed by atoms with E-state index in [2.05, 4.69) is 34.9 Å². The van der Waals surface area contributed by atoms with E-state index in [4.69, 9.17) is 4.74 Å². The second-order valence-corrected chi connectivity index (χ2v) is 9.26. The number of amides is 2. The van der Waals surface area contributed by atoms with E-state index >= 15 is 0 Å². The first-order valence-corrected chi connectivity index (χ1v) is 12.0. The summed E-state index contributed by atoms with van der Waals surface area (Å²) in [7, 11) is 0. The average molecular weight is 465 g/mol. The van der Waals surface area contributed by atoms with Crippen LogP contribution in [0, 0.1) is 5.92 Å². The van der Waals surface area contributed by atoms with Crippen molar-refractivity contribution in [3.05, 3.63) is 59.7 Å². The van der Waals surface area contributed by atoms with Gasteiger partial charge in [0.15, 0.2) is 0 Å². The van der Waals surface area contributed by atoms with Crippen molar-refractivity contribution in [2.45, 2.75) is 63.5 Å². The van der Waals surface area contributed by atoms with Gasteiger partial charge in [-0.25, -0.2) is 4.79 Å². The quantitative estimate of drug-likeness (QED) is 0.482. The summed E-state index contributed by atoms with van der Waals surface area (Å²) in [5.41, 5.74) is 3.37. The summed E-state index contributed by atoms with van der Waals surface area (Å²) in [6.45, 7) is 3.82. The van der Waals surface area contributed by atoms with E-state index in [-0.39, 0.29) is 30.8 Å². The number of carboxylic acids is 1. The van der Waals surface area contributed by atoms with Crippen molar-refractivity contribution in [1.29, 1.82) is 0 Å². The number of nitrogens with one attached hydrogen (secondary N) is 2. The van der Waals surface area contributed by atoms with Crippen molar-refractivity contribution >= 4 is 18.0 Å². The Morgan fingerprint density at radius 1 is 1.00 bits per heavy atom. The summed E-state index contributed by atoms with van der Waals surface area (Å²) >= 11 is 0. The molecule has 4 rings (SSSR count). The first-order valence-electron chi connectivity index (χ1n) is 12.0. The number of aliphatic carboxylic acids is 1. The number of hydrogen-bond acceptors (Lipinski definition) is 4. The molecule has 7 nitrogen and oxygen atoms in total. The highest BCUT2D eigenvalue weighted by Gasteiger charge is 2.41. The van der Waals surface area contributed by atoms with Crippen molar-refractivity contribution in [3.8, 4) is 11.1 Å². The molecule has 2 aliphatic carbocycles. The second kappa shape index (κ2) is 9.87. The van der Waals surface area contributed by atoms with Crippen molar-refractivity contribution < 1.29 is 24.2 Å². The summed E-state index contributed by atoms with van der Waals surface area (Å²) in [5.74, 6) is -1.19. The van der Waals surface area contributed by atoms with E-state index in [0.717, 1.165) is 35.1 Å². The van der Waals surface area contributed by atoms with Gasteiger partial charge in [0.05, 0.1) is 6.42 Å². The number of hydrogen-bond donors (Lipinski definition) is 3. The van der Waals surface area contributed by atoms with Crippen LogP contribution < -0.4 is 10.6 Å². The molecule has 34 heavy (non-hydrogen) atoms. The van der Waals surface area contributed by atoms with Crippen LogP contribution >= 0.6 is 0 Å². The maximum Gasteiger partial charge on any atom is 0.408 e. The zero-order valence-electron chi connectivity index (χ0n) is 19.7. The Kier molecular flexibility index (Phi) is 6.91. The highest BCUT2D eigenvalue weighted by atomic mass is 16.5. The maximum absolute atomic E-state index is 13.2. The van der Waals surface area contributed by atoms with Gasteiger partial charge in [-0.1, -0.05) is 62.4 Å². The molecule has 2 aliphatic rings. The van der Waals surface area contributed by atoms with Crippen molar-refractivity contribution in [3.63, 3.8) is 0 Å². The van der Waals surface area contributed by atoms with Crippen LogP contribution in [0.5, 0.6) is 0 Å². The third kappa shape index (κ3) is 4.79. The molecule has 0 saturated heterocycles. The summed E-state index contributed by atoms with van der Waals surface area (Å²) in [6, 6.07) is 15.8. The molecule has 0 bridgehead atoms. The highest BCUT2D eigenvalue weighted by Crippen LogP contribution is 2.44. The summed E-state index contributed by atoms with van der Waals surface area (Å²) < 4.78 is 5.65. The average Bonchev–Trinajstić information content (AvgIpc) is 3.63. The van der Waals surface area contributed by atoms with Crippen molar-refractivity contribution in [1.82, 2.24) is 10.6 Å². The number of carbonyl (C=O) groups excluding carboxylic acids is 2. The molecule has 180 valence electrons. The molecule has 2 aromatic carbocycles. The summed E-state index contributed by atoms with van der Waals surface area (Å²) in [4.78, 5) is 37.3. The van der Waals surface area contributed by atoms with Crippen molar-refractivity contribution in [2.75, 3.05) is 6.61 Å². The van der Waals surface area contributed by atoms with E-state index in [9.17, 15) is 19.5 Å². The topological polar surface area (TPSA) is 105 Å². The van der Waals surface area contributed by atoms with Gasteiger partial charge in [0.1, 0.15) is 12.1 Å². The molecule has 0 radical (unpaired) electrons. The molecule has 2 amide bonds. The second-order valence-electron chi connectivity index (χ2n) is 9.26. The Balaban J connectivity index is 1.43. The van der Waals surface area contributed by atoms with Crippen LogP contribution in [0.1, 0.15) is 63.0 Å². The molecular weight excluding hydrogens is 432 g/mol. The molecule has 0 heterocycles. The normalized spacial score (nSPS) is 15.7. The van der Waals surface area contributed by atoms with Gasteiger partial charge in [-0.15, -0.1) is 0 Å². The summed E-state index contributed by atoms with van der Waals surface area (Å²) in [6.07, 6.45) is 1.77. The molecule has 7 heteroatoms. The van der Waals surface area contributed by atoms with Crippen molar-refractivity contribution in [2.24, 2.45) is 5.92 Å². The highest BCUT2D eigenvalue weighted by molar-refractivity contribution is 5.90. The molecule has 1 fully saturated rings. The van der Waals surface area contributed by atoms with Gasteiger partial charge < -0.3 is 20.5 Å². The third-order valence-corrected chi connectivity index (χ3v) is 7.23. The van der Waals surface area contributed by atoms with Crippen LogP contribution in [0.25, 0.3) is 11.1 Å². The fraction of sp³-hybridized carbons (Fsp3) is 0.444. The Morgan fingerprint density at radius 3 is 2.06 bits per heavy atom. The van der Waals surface area contributed by atoms with Gasteiger partial charge in [-0.3, -0.25) is 9.59 Å². The monoisotopic (exact) mass is 464 g/mol. The Morgan fingerprint density at radius 2 is 1.56 bits per heavy atom. The number of ether oxygens (including phenoxy) is 1. The fourth-order valence-electron chi connectivity index (χ4n) is 4.96. The smallest absolute Gasteiger partial charge is 0.408 e. The zero-order valence-corrected chi connectivity index (χ0v) is 19.7. The first-order chi connectivity index (χ1) is 16.4. The predicted octanol–water partition coefficient (Wildman–Crippen LogP) is 4.45. The molecule has 1 unspecified atom stereocenters. The lowest BCUT2D eigenvalue weighted by atomic mass is 9.91. The predicted molar refractivity (Wildman–Crippen MR) is 128 cm³/mol. The van der Waals surface area contributed by atoms with Crippen LogP contribution in [0.15, 0.2) is 48.5 Å². The Hall–Kier alpha value is -3.35. The first kappa shape index (κ1) is 23.8. The molecule has 1 saturated carbocycles. The number of carboxylic acid groups (broad SMARTS) is 1. The number of benzene rings is 2. The van der Waals surface area contributed by atoms with Crippen LogP contribution in [0.3, 0.4) is 0 Å². The largest absolute Gasteiger partial charge is 0.481 e. The minimum atomic E-state index is -1.16. The fourth-order valence-corrected chi connectivity index (χ4v) is 4.96. The zero-order chi connectivity index (χ0) is 24.3. The Bertz CT molecular complexity index is 1030. The minimum absolute atomic E-state index is 0.0700. The van der Waals surface area contributed by atoms with Gasteiger partial charge in [0, 0.05) is 12.0 Å². The lowest BCUT2D eigenvalue weighted by molar-refractivity contribution is -0.138. The molecule has 0 aromatic heterocycles. The van der Waals surface area contributed by atoms with Gasteiger partial charge >= 0.3 is 12.1 Å². The molecule has 0 aliphatic heterocycles. The van der Waals surface area contributed by atoms with Crippen LogP contribution in [-0.4, -0.2) is 41.3 Å². The Labute approximate surface area is 199 Å². The van der Waals surface area contributed by atoms with Crippen LogP contribution in [-0.2, 0) is 14.3 Å². The van der Waals surface area contributed by atoms with Gasteiger partial charge in [0.25, 0.3) is 0 Å². The standard InChI is InChI=1S/C27H32N2O5/c1-3-27(4-2,25(32)28-23(15-24(30)31)17-13-14-17)29-26(33)34-16-22-20-11-7-5-9-18(20)19-10-6-8-12-21(19)22/h5-12,17,22-23H,3-4,13-16H2,1-2H3,(H,28,32)(H,29,33)(H,30,31). The number of carbonyl (C=O) groups is 3. The van der Waals surface area contributed by atoms with Gasteiger partial charge in [-0.2, -0.15) is 0 Å². The van der Waals surface area contributed by atoms with Crippen LogP contribution in [0.2, 0.25) is 0 Å². The lowest BCUT2D eigenvalue weighted by Gasteiger charge is -2.33. The summed E-state index contributed by atoms with van der Waals surface area (Å²) in [5, 5.41) is 14.9. The number of rotatable bonds is 10. The van der Waals surface area contributed by atoms with E-state index in [0.29, 0.717) is 12.8 Å². The lowest BCUT2D eigenvalue weighted by Crippen LogP contribution is -2.60. The molecular formula is C27H32N2O5.